The minimum absolute atomic E-state index is 0.508. The van der Waals surface area contributed by atoms with Crippen LogP contribution in [0.25, 0.3) is 5.82 Å². The van der Waals surface area contributed by atoms with Gasteiger partial charge in [0, 0.05) is 6.20 Å². The first-order chi connectivity index (χ1) is 7.58. The van der Waals surface area contributed by atoms with E-state index in [1.807, 2.05) is 19.9 Å². The minimum Gasteiger partial charge on any atom is -0.389 e. The Bertz CT molecular complexity index is 504. The van der Waals surface area contributed by atoms with E-state index in [4.69, 9.17) is 0 Å². The summed E-state index contributed by atoms with van der Waals surface area (Å²) in [5.74, 6) is 2.17. The molecule has 1 unspecified atom stereocenters. The first-order valence-corrected chi connectivity index (χ1v) is 5.12. The van der Waals surface area contributed by atoms with Crippen LogP contribution in [0.4, 0.5) is 0 Å². The molecule has 0 aliphatic heterocycles. The first-order valence-electron chi connectivity index (χ1n) is 5.12. The van der Waals surface area contributed by atoms with Crippen molar-refractivity contribution in [3.05, 3.63) is 35.5 Å². The lowest BCUT2D eigenvalue weighted by atomic mass is 10.2. The molecular formula is C11H14N4O. The van der Waals surface area contributed by atoms with Gasteiger partial charge in [0.1, 0.15) is 11.6 Å². The average Bonchev–Trinajstić information content (AvgIpc) is 2.58. The van der Waals surface area contributed by atoms with Crippen molar-refractivity contribution in [1.82, 2.24) is 19.7 Å². The maximum Gasteiger partial charge on any atom is 0.155 e. The van der Waals surface area contributed by atoms with Crippen LogP contribution in [0, 0.1) is 13.8 Å². The van der Waals surface area contributed by atoms with Crippen LogP contribution in [-0.4, -0.2) is 24.9 Å². The fourth-order valence-corrected chi connectivity index (χ4v) is 1.55. The van der Waals surface area contributed by atoms with Crippen molar-refractivity contribution in [3.8, 4) is 5.82 Å². The van der Waals surface area contributed by atoms with Crippen molar-refractivity contribution in [2.24, 2.45) is 0 Å². The molecule has 5 nitrogen and oxygen atoms in total. The van der Waals surface area contributed by atoms with Gasteiger partial charge in [0.05, 0.1) is 6.10 Å². The first kappa shape index (κ1) is 10.8. The zero-order chi connectivity index (χ0) is 11.7. The normalized spacial score (nSPS) is 12.8. The summed E-state index contributed by atoms with van der Waals surface area (Å²) in [6.45, 7) is 5.43. The Labute approximate surface area is 93.8 Å². The van der Waals surface area contributed by atoms with Crippen molar-refractivity contribution in [2.45, 2.75) is 26.9 Å². The zero-order valence-corrected chi connectivity index (χ0v) is 9.55. The molecule has 0 aliphatic carbocycles. The third kappa shape index (κ3) is 1.94. The Hall–Kier alpha value is -1.75. The Balaban J connectivity index is 2.48. The third-order valence-corrected chi connectivity index (χ3v) is 2.34. The van der Waals surface area contributed by atoms with Crippen molar-refractivity contribution in [1.29, 1.82) is 0 Å². The number of rotatable bonds is 2. The van der Waals surface area contributed by atoms with Gasteiger partial charge in [0.25, 0.3) is 0 Å². The summed E-state index contributed by atoms with van der Waals surface area (Å²) in [6, 6.07) is 3.60. The molecule has 1 atom stereocenters. The largest absolute Gasteiger partial charge is 0.389 e. The highest BCUT2D eigenvalue weighted by molar-refractivity contribution is 5.28. The van der Waals surface area contributed by atoms with Crippen LogP contribution in [0.3, 0.4) is 0 Å². The van der Waals surface area contributed by atoms with Crippen molar-refractivity contribution in [2.75, 3.05) is 0 Å². The Morgan fingerprint density at radius 3 is 2.69 bits per heavy atom. The molecule has 84 valence electrons. The molecule has 0 aromatic carbocycles. The number of hydrogen-bond donors (Lipinski definition) is 1. The van der Waals surface area contributed by atoms with Gasteiger partial charge in [-0.3, -0.25) is 0 Å². The molecular weight excluding hydrogens is 204 g/mol. The van der Waals surface area contributed by atoms with Crippen LogP contribution in [0.15, 0.2) is 18.3 Å². The van der Waals surface area contributed by atoms with Crippen molar-refractivity contribution < 1.29 is 5.11 Å². The molecule has 0 saturated carbocycles. The fraction of sp³-hybridized carbons (Fsp3) is 0.364. The van der Waals surface area contributed by atoms with Gasteiger partial charge in [-0.2, -0.15) is 4.68 Å². The van der Waals surface area contributed by atoms with Crippen molar-refractivity contribution >= 4 is 0 Å². The van der Waals surface area contributed by atoms with Gasteiger partial charge in [-0.05, 0) is 38.5 Å². The molecule has 1 N–H and O–H groups in total. The highest BCUT2D eigenvalue weighted by Crippen LogP contribution is 2.14. The summed E-state index contributed by atoms with van der Waals surface area (Å²) in [6.07, 6.45) is 1.15. The smallest absolute Gasteiger partial charge is 0.155 e. The van der Waals surface area contributed by atoms with Gasteiger partial charge in [0.15, 0.2) is 5.82 Å². The lowest BCUT2D eigenvalue weighted by Crippen LogP contribution is -2.03. The predicted molar refractivity (Wildman–Crippen MR) is 59.3 cm³/mol. The molecule has 16 heavy (non-hydrogen) atoms. The number of aliphatic hydroxyl groups excluding tert-OH is 1. The van der Waals surface area contributed by atoms with Gasteiger partial charge in [-0.25, -0.2) is 9.97 Å². The Morgan fingerprint density at radius 1 is 1.38 bits per heavy atom. The predicted octanol–water partition coefficient (Wildman–Crippen LogP) is 1.33. The third-order valence-electron chi connectivity index (χ3n) is 2.34. The number of aromatic nitrogens is 4. The van der Waals surface area contributed by atoms with E-state index in [9.17, 15) is 5.11 Å². The molecule has 0 bridgehead atoms. The SMILES string of the molecule is Cc1nc(C)n(-c2cc(C(C)O)ccn2)n1. The molecule has 2 aromatic heterocycles. The number of aryl methyl sites for hydroxylation is 2. The van der Waals surface area contributed by atoms with E-state index in [1.165, 1.54) is 0 Å². The summed E-state index contributed by atoms with van der Waals surface area (Å²) < 4.78 is 1.67. The summed E-state index contributed by atoms with van der Waals surface area (Å²) in [4.78, 5) is 8.43. The monoisotopic (exact) mass is 218 g/mol. The van der Waals surface area contributed by atoms with Gasteiger partial charge in [-0.1, -0.05) is 0 Å². The molecule has 0 radical (unpaired) electrons. The van der Waals surface area contributed by atoms with Crippen LogP contribution in [-0.2, 0) is 0 Å². The zero-order valence-electron chi connectivity index (χ0n) is 9.55. The van der Waals surface area contributed by atoms with E-state index in [0.717, 1.165) is 11.4 Å². The average molecular weight is 218 g/mol. The van der Waals surface area contributed by atoms with Crippen LogP contribution in [0.5, 0.6) is 0 Å². The second kappa shape index (κ2) is 4.02. The molecule has 0 aliphatic rings. The second-order valence-electron chi connectivity index (χ2n) is 3.74. The van der Waals surface area contributed by atoms with Crippen LogP contribution >= 0.6 is 0 Å². The highest BCUT2D eigenvalue weighted by atomic mass is 16.3. The number of hydrogen-bond acceptors (Lipinski definition) is 4. The maximum absolute atomic E-state index is 9.50. The number of pyridine rings is 1. The van der Waals surface area contributed by atoms with E-state index in [-0.39, 0.29) is 0 Å². The van der Waals surface area contributed by atoms with Gasteiger partial charge in [0.2, 0.25) is 0 Å². The van der Waals surface area contributed by atoms with Gasteiger partial charge < -0.3 is 5.11 Å². The molecule has 0 fully saturated rings. The Kier molecular flexibility index (Phi) is 2.70. The van der Waals surface area contributed by atoms with Gasteiger partial charge >= 0.3 is 0 Å². The lowest BCUT2D eigenvalue weighted by molar-refractivity contribution is 0.199. The summed E-state index contributed by atoms with van der Waals surface area (Å²) >= 11 is 0. The van der Waals surface area contributed by atoms with Crippen LogP contribution in [0.1, 0.15) is 30.2 Å². The lowest BCUT2D eigenvalue weighted by Gasteiger charge is -2.07. The van der Waals surface area contributed by atoms with Crippen LogP contribution in [0.2, 0.25) is 0 Å². The van der Waals surface area contributed by atoms with E-state index < -0.39 is 6.10 Å². The maximum atomic E-state index is 9.50. The van der Waals surface area contributed by atoms with Gasteiger partial charge in [-0.15, -0.1) is 5.10 Å². The second-order valence-corrected chi connectivity index (χ2v) is 3.74. The van der Waals surface area contributed by atoms with E-state index in [2.05, 4.69) is 15.1 Å². The van der Waals surface area contributed by atoms with E-state index >= 15 is 0 Å². The number of nitrogens with zero attached hydrogens (tertiary/aromatic N) is 4. The fourth-order valence-electron chi connectivity index (χ4n) is 1.55. The quantitative estimate of drug-likeness (QED) is 0.826. The summed E-state index contributed by atoms with van der Waals surface area (Å²) in [7, 11) is 0. The highest BCUT2D eigenvalue weighted by Gasteiger charge is 2.08. The molecule has 0 saturated heterocycles. The minimum atomic E-state index is -0.508. The Morgan fingerprint density at radius 2 is 2.12 bits per heavy atom. The van der Waals surface area contributed by atoms with Crippen LogP contribution < -0.4 is 0 Å². The molecule has 2 aromatic rings. The molecule has 2 rings (SSSR count). The summed E-state index contributed by atoms with van der Waals surface area (Å²) in [5, 5.41) is 13.7. The van der Waals surface area contributed by atoms with E-state index in [0.29, 0.717) is 11.6 Å². The molecule has 0 spiro atoms. The molecule has 5 heteroatoms. The number of aliphatic hydroxyl groups is 1. The summed E-state index contributed by atoms with van der Waals surface area (Å²) in [5.41, 5.74) is 0.817. The topological polar surface area (TPSA) is 63.8 Å². The van der Waals surface area contributed by atoms with Crippen molar-refractivity contribution in [3.63, 3.8) is 0 Å². The standard InChI is InChI=1S/C11H14N4O/c1-7(16)10-4-5-12-11(6-10)15-9(3)13-8(2)14-15/h4-7,16H,1-3H3. The molecule has 0 amide bonds. The van der Waals surface area contributed by atoms with E-state index in [1.54, 1.807) is 23.9 Å². The molecule has 2 heterocycles.